The van der Waals surface area contributed by atoms with Gasteiger partial charge >= 0.3 is 0 Å². The first kappa shape index (κ1) is 13.6. The number of anilines is 1. The average molecular weight is 302 g/mol. The molecule has 0 spiro atoms. The van der Waals surface area contributed by atoms with Crippen molar-refractivity contribution in [1.29, 1.82) is 0 Å². The summed E-state index contributed by atoms with van der Waals surface area (Å²) in [4.78, 5) is 0. The molecule has 0 aliphatic carbocycles. The molecule has 0 bridgehead atoms. The summed E-state index contributed by atoms with van der Waals surface area (Å²) in [7, 11) is 0. The summed E-state index contributed by atoms with van der Waals surface area (Å²) in [5.41, 5.74) is 9.69. The van der Waals surface area contributed by atoms with E-state index in [-0.39, 0.29) is 5.82 Å². The molecule has 21 heavy (non-hydrogen) atoms. The van der Waals surface area contributed by atoms with Crippen LogP contribution in [-0.4, -0.2) is 10.2 Å². The summed E-state index contributed by atoms with van der Waals surface area (Å²) in [6, 6.07) is 11.9. The SMILES string of the molecule is Cc1cccc(-c2[nH]nc(N)c2-c2cccc(F)c2)c1Cl. The molecule has 3 aromatic rings. The molecule has 3 N–H and O–H groups in total. The Morgan fingerprint density at radius 3 is 2.71 bits per heavy atom. The van der Waals surface area contributed by atoms with Crippen LogP contribution in [0.4, 0.5) is 10.2 Å². The molecule has 0 saturated heterocycles. The molecule has 0 atom stereocenters. The fraction of sp³-hybridized carbons (Fsp3) is 0.0625. The van der Waals surface area contributed by atoms with Crippen molar-refractivity contribution < 1.29 is 4.39 Å². The molecular formula is C16H13ClFN3. The fourth-order valence-electron chi connectivity index (χ4n) is 2.33. The van der Waals surface area contributed by atoms with E-state index in [1.165, 1.54) is 12.1 Å². The highest BCUT2D eigenvalue weighted by atomic mass is 35.5. The fourth-order valence-corrected chi connectivity index (χ4v) is 2.55. The molecule has 0 radical (unpaired) electrons. The molecule has 5 heteroatoms. The summed E-state index contributed by atoms with van der Waals surface area (Å²) in [6.45, 7) is 1.92. The predicted octanol–water partition coefficient (Wildman–Crippen LogP) is 4.43. The quantitative estimate of drug-likeness (QED) is 0.736. The molecular weight excluding hydrogens is 289 g/mol. The average Bonchev–Trinajstić information content (AvgIpc) is 2.83. The van der Waals surface area contributed by atoms with Crippen LogP contribution in [-0.2, 0) is 0 Å². The van der Waals surface area contributed by atoms with Gasteiger partial charge in [-0.05, 0) is 30.2 Å². The molecule has 0 saturated carbocycles. The molecule has 3 nitrogen and oxygen atoms in total. The zero-order chi connectivity index (χ0) is 15.0. The number of aromatic amines is 1. The lowest BCUT2D eigenvalue weighted by atomic mass is 9.99. The molecule has 1 heterocycles. The lowest BCUT2D eigenvalue weighted by Gasteiger charge is -2.08. The molecule has 0 aliphatic rings. The van der Waals surface area contributed by atoms with Crippen LogP contribution in [0.25, 0.3) is 22.4 Å². The van der Waals surface area contributed by atoms with Gasteiger partial charge in [-0.1, -0.05) is 41.9 Å². The first-order valence-corrected chi connectivity index (χ1v) is 6.81. The second-order valence-electron chi connectivity index (χ2n) is 4.81. The van der Waals surface area contributed by atoms with Crippen molar-refractivity contribution in [2.24, 2.45) is 0 Å². The lowest BCUT2D eigenvalue weighted by molar-refractivity contribution is 0.628. The molecule has 0 fully saturated rings. The van der Waals surface area contributed by atoms with Crippen LogP contribution >= 0.6 is 11.6 Å². The van der Waals surface area contributed by atoms with Crippen molar-refractivity contribution in [1.82, 2.24) is 10.2 Å². The van der Waals surface area contributed by atoms with Gasteiger partial charge in [0.05, 0.1) is 16.3 Å². The van der Waals surface area contributed by atoms with E-state index in [0.29, 0.717) is 27.7 Å². The van der Waals surface area contributed by atoms with Crippen molar-refractivity contribution in [2.45, 2.75) is 6.92 Å². The topological polar surface area (TPSA) is 54.7 Å². The molecule has 3 rings (SSSR count). The number of nitrogens with one attached hydrogen (secondary N) is 1. The number of nitrogens with zero attached hydrogens (tertiary/aromatic N) is 1. The number of halogens is 2. The second-order valence-corrected chi connectivity index (χ2v) is 5.18. The van der Waals surface area contributed by atoms with Gasteiger partial charge in [-0.25, -0.2) is 4.39 Å². The standard InChI is InChI=1S/C16H13ClFN3/c1-9-4-2-7-12(14(9)17)15-13(16(19)21-20-15)10-5-3-6-11(18)8-10/h2-8H,1H3,(H3,19,20,21). The Morgan fingerprint density at radius 1 is 1.19 bits per heavy atom. The molecule has 0 aliphatic heterocycles. The van der Waals surface area contributed by atoms with Gasteiger partial charge in [-0.2, -0.15) is 5.10 Å². The van der Waals surface area contributed by atoms with Crippen LogP contribution < -0.4 is 5.73 Å². The number of H-pyrrole nitrogens is 1. The third-order valence-electron chi connectivity index (χ3n) is 3.37. The number of aryl methyl sites for hydroxylation is 1. The molecule has 1 aromatic heterocycles. The first-order valence-electron chi connectivity index (χ1n) is 6.43. The van der Waals surface area contributed by atoms with Crippen molar-refractivity contribution in [2.75, 3.05) is 5.73 Å². The van der Waals surface area contributed by atoms with Crippen LogP contribution in [0.5, 0.6) is 0 Å². The number of aromatic nitrogens is 2. The van der Waals surface area contributed by atoms with Gasteiger partial charge in [0.1, 0.15) is 5.82 Å². The van der Waals surface area contributed by atoms with E-state index in [9.17, 15) is 4.39 Å². The molecule has 0 amide bonds. The van der Waals surface area contributed by atoms with Gasteiger partial charge in [0.15, 0.2) is 5.82 Å². The molecule has 0 unspecified atom stereocenters. The zero-order valence-electron chi connectivity index (χ0n) is 11.3. The van der Waals surface area contributed by atoms with Crippen molar-refractivity contribution in [3.8, 4) is 22.4 Å². The number of hydrogen-bond donors (Lipinski definition) is 2. The lowest BCUT2D eigenvalue weighted by Crippen LogP contribution is -1.90. The monoisotopic (exact) mass is 301 g/mol. The first-order chi connectivity index (χ1) is 10.1. The van der Waals surface area contributed by atoms with Gasteiger partial charge in [0.25, 0.3) is 0 Å². The maximum Gasteiger partial charge on any atom is 0.153 e. The van der Waals surface area contributed by atoms with E-state index >= 15 is 0 Å². The van der Waals surface area contributed by atoms with Crippen LogP contribution in [0.2, 0.25) is 5.02 Å². The number of hydrogen-bond acceptors (Lipinski definition) is 2. The van der Waals surface area contributed by atoms with Gasteiger partial charge in [-0.15, -0.1) is 0 Å². The maximum absolute atomic E-state index is 13.5. The smallest absolute Gasteiger partial charge is 0.153 e. The van der Waals surface area contributed by atoms with Gasteiger partial charge in [0, 0.05) is 5.56 Å². The van der Waals surface area contributed by atoms with Crippen molar-refractivity contribution >= 4 is 17.4 Å². The summed E-state index contributed by atoms with van der Waals surface area (Å²) >= 11 is 6.37. The van der Waals surface area contributed by atoms with E-state index in [1.54, 1.807) is 12.1 Å². The summed E-state index contributed by atoms with van der Waals surface area (Å²) in [5, 5.41) is 7.56. The highest BCUT2D eigenvalue weighted by molar-refractivity contribution is 6.34. The minimum absolute atomic E-state index is 0.313. The summed E-state index contributed by atoms with van der Waals surface area (Å²) < 4.78 is 13.5. The van der Waals surface area contributed by atoms with Gasteiger partial charge in [0.2, 0.25) is 0 Å². The van der Waals surface area contributed by atoms with Gasteiger partial charge in [-0.3, -0.25) is 5.10 Å². The number of nitrogen functional groups attached to an aromatic ring is 1. The third kappa shape index (κ3) is 2.38. The zero-order valence-corrected chi connectivity index (χ0v) is 12.1. The minimum Gasteiger partial charge on any atom is -0.382 e. The number of nitrogens with two attached hydrogens (primary N) is 1. The van der Waals surface area contributed by atoms with Crippen molar-refractivity contribution in [3.05, 3.63) is 58.9 Å². The van der Waals surface area contributed by atoms with E-state index < -0.39 is 0 Å². The maximum atomic E-state index is 13.5. The molecule has 2 aromatic carbocycles. The van der Waals surface area contributed by atoms with Crippen LogP contribution in [0.15, 0.2) is 42.5 Å². The highest BCUT2D eigenvalue weighted by Crippen LogP contribution is 2.38. The Balaban J connectivity index is 2.24. The third-order valence-corrected chi connectivity index (χ3v) is 3.87. The second kappa shape index (κ2) is 5.22. The van der Waals surface area contributed by atoms with Crippen LogP contribution in [0, 0.1) is 12.7 Å². The highest BCUT2D eigenvalue weighted by Gasteiger charge is 2.17. The van der Waals surface area contributed by atoms with E-state index in [2.05, 4.69) is 10.2 Å². The number of rotatable bonds is 2. The Bertz CT molecular complexity index is 811. The summed E-state index contributed by atoms with van der Waals surface area (Å²) in [5.74, 6) is -0.0115. The minimum atomic E-state index is -0.325. The van der Waals surface area contributed by atoms with E-state index in [1.807, 2.05) is 25.1 Å². The Hall–Kier alpha value is -2.33. The van der Waals surface area contributed by atoms with Crippen LogP contribution in [0.3, 0.4) is 0 Å². The van der Waals surface area contributed by atoms with Gasteiger partial charge < -0.3 is 5.73 Å². The molecule has 106 valence electrons. The van der Waals surface area contributed by atoms with E-state index in [4.69, 9.17) is 17.3 Å². The predicted molar refractivity (Wildman–Crippen MR) is 83.6 cm³/mol. The Morgan fingerprint density at radius 2 is 1.95 bits per heavy atom. The Labute approximate surface area is 126 Å². The van der Waals surface area contributed by atoms with E-state index in [0.717, 1.165) is 11.1 Å². The summed E-state index contributed by atoms with van der Waals surface area (Å²) in [6.07, 6.45) is 0. The normalized spacial score (nSPS) is 10.8. The van der Waals surface area contributed by atoms with Crippen LogP contribution in [0.1, 0.15) is 5.56 Å². The largest absolute Gasteiger partial charge is 0.382 e. The number of benzene rings is 2. The Kier molecular flexibility index (Phi) is 3.39. The van der Waals surface area contributed by atoms with Crippen molar-refractivity contribution in [3.63, 3.8) is 0 Å².